The summed E-state index contributed by atoms with van der Waals surface area (Å²) >= 11 is 0. The zero-order chi connectivity index (χ0) is 17.0. The van der Waals surface area contributed by atoms with Crippen molar-refractivity contribution in [2.45, 2.75) is 45.5 Å². The van der Waals surface area contributed by atoms with Gasteiger partial charge in [-0.25, -0.2) is 4.98 Å². The lowest BCUT2D eigenvalue weighted by Crippen LogP contribution is -2.22. The van der Waals surface area contributed by atoms with Crippen LogP contribution in [0.1, 0.15) is 18.4 Å². The molecule has 0 amide bonds. The molecule has 1 rings (SSSR count). The predicted octanol–water partition coefficient (Wildman–Crippen LogP) is 4.22. The lowest BCUT2D eigenvalue weighted by Gasteiger charge is -2.16. The van der Waals surface area contributed by atoms with Crippen molar-refractivity contribution < 1.29 is 22.6 Å². The molecule has 0 atom stereocenters. The van der Waals surface area contributed by atoms with Crippen molar-refractivity contribution in [2.75, 3.05) is 13.2 Å². The maximum absolute atomic E-state index is 13.0. The molecular formula is C14H23F3N2O2Si. The predicted molar refractivity (Wildman–Crippen MR) is 82.0 cm³/mol. The molecule has 22 heavy (non-hydrogen) atoms. The summed E-state index contributed by atoms with van der Waals surface area (Å²) in [6.07, 6.45) is -3.29. The van der Waals surface area contributed by atoms with Crippen molar-refractivity contribution in [3.63, 3.8) is 0 Å². The Hall–Kier alpha value is -1.28. The molecule has 1 aromatic heterocycles. The zero-order valence-electron chi connectivity index (χ0n) is 13.5. The molecule has 1 heterocycles. The molecular weight excluding hydrogens is 313 g/mol. The second kappa shape index (κ2) is 7.32. The number of alkyl halides is 3. The van der Waals surface area contributed by atoms with Crippen molar-refractivity contribution in [1.29, 1.82) is 0 Å². The second-order valence-corrected chi connectivity index (χ2v) is 11.7. The molecule has 8 heteroatoms. The van der Waals surface area contributed by atoms with E-state index < -0.39 is 20.1 Å². The topological polar surface area (TPSA) is 36.3 Å². The molecule has 0 saturated carbocycles. The molecule has 0 aliphatic heterocycles. The van der Waals surface area contributed by atoms with Gasteiger partial charge < -0.3 is 14.0 Å². The Kier molecular flexibility index (Phi) is 6.24. The van der Waals surface area contributed by atoms with Gasteiger partial charge in [-0.15, -0.1) is 0 Å². The molecule has 0 radical (unpaired) electrons. The SMILES string of the molecule is C=C(OCC)c1cn(COCC[Si](C)(C)C)c(C(F)(F)F)n1. The number of halogens is 3. The van der Waals surface area contributed by atoms with Gasteiger partial charge >= 0.3 is 6.18 Å². The Labute approximate surface area is 129 Å². The highest BCUT2D eigenvalue weighted by atomic mass is 28.3. The summed E-state index contributed by atoms with van der Waals surface area (Å²) in [5.41, 5.74) is 0.0722. The number of hydrogen-bond donors (Lipinski definition) is 0. The fourth-order valence-electron chi connectivity index (χ4n) is 1.66. The van der Waals surface area contributed by atoms with Gasteiger partial charge in [0.25, 0.3) is 0 Å². The van der Waals surface area contributed by atoms with E-state index in [0.717, 1.165) is 10.6 Å². The number of aromatic nitrogens is 2. The third-order valence-corrected chi connectivity index (χ3v) is 4.57. The summed E-state index contributed by atoms with van der Waals surface area (Å²) in [5, 5.41) is 0. The Morgan fingerprint density at radius 3 is 2.50 bits per heavy atom. The van der Waals surface area contributed by atoms with E-state index in [4.69, 9.17) is 9.47 Å². The molecule has 0 aliphatic carbocycles. The summed E-state index contributed by atoms with van der Waals surface area (Å²) in [5.74, 6) is -0.884. The van der Waals surface area contributed by atoms with Gasteiger partial charge in [-0.2, -0.15) is 13.2 Å². The highest BCUT2D eigenvalue weighted by Gasteiger charge is 2.37. The van der Waals surface area contributed by atoms with Crippen LogP contribution in [0.3, 0.4) is 0 Å². The largest absolute Gasteiger partial charge is 0.492 e. The van der Waals surface area contributed by atoms with Crippen LogP contribution < -0.4 is 0 Å². The first kappa shape index (κ1) is 18.8. The molecule has 0 unspecified atom stereocenters. The minimum absolute atomic E-state index is 0.0722. The average molecular weight is 336 g/mol. The molecule has 0 saturated heterocycles. The van der Waals surface area contributed by atoms with Gasteiger partial charge in [0.05, 0.1) is 6.61 Å². The minimum Gasteiger partial charge on any atom is -0.492 e. The van der Waals surface area contributed by atoms with E-state index in [-0.39, 0.29) is 18.2 Å². The highest BCUT2D eigenvalue weighted by molar-refractivity contribution is 6.76. The molecule has 126 valence electrons. The minimum atomic E-state index is -4.55. The Morgan fingerprint density at radius 2 is 2.00 bits per heavy atom. The molecule has 0 N–H and O–H groups in total. The van der Waals surface area contributed by atoms with E-state index in [1.807, 2.05) is 0 Å². The number of nitrogens with zero attached hydrogens (tertiary/aromatic N) is 2. The van der Waals surface area contributed by atoms with Gasteiger partial charge in [0.15, 0.2) is 0 Å². The number of imidazole rings is 1. The number of ether oxygens (including phenoxy) is 2. The quantitative estimate of drug-likeness (QED) is 0.405. The van der Waals surface area contributed by atoms with Gasteiger partial charge in [-0.3, -0.25) is 0 Å². The highest BCUT2D eigenvalue weighted by Crippen LogP contribution is 2.30. The van der Waals surface area contributed by atoms with E-state index >= 15 is 0 Å². The molecule has 0 fully saturated rings. The Morgan fingerprint density at radius 1 is 1.36 bits per heavy atom. The third kappa shape index (κ3) is 5.84. The fraction of sp³-hybridized carbons (Fsp3) is 0.643. The van der Waals surface area contributed by atoms with Crippen LogP contribution in [-0.4, -0.2) is 30.8 Å². The van der Waals surface area contributed by atoms with Gasteiger partial charge in [0.1, 0.15) is 18.2 Å². The van der Waals surface area contributed by atoms with Crippen LogP contribution in [0, 0.1) is 0 Å². The lowest BCUT2D eigenvalue weighted by atomic mass is 10.4. The van der Waals surface area contributed by atoms with Crippen LogP contribution in [0.5, 0.6) is 0 Å². The van der Waals surface area contributed by atoms with E-state index in [0.29, 0.717) is 13.2 Å². The average Bonchev–Trinajstić information content (AvgIpc) is 2.78. The first-order chi connectivity index (χ1) is 10.0. The smallest absolute Gasteiger partial charge is 0.449 e. The van der Waals surface area contributed by atoms with E-state index in [2.05, 4.69) is 31.2 Å². The summed E-state index contributed by atoms with van der Waals surface area (Å²) in [6, 6.07) is 0.890. The molecule has 0 spiro atoms. The fourth-order valence-corrected chi connectivity index (χ4v) is 2.42. The van der Waals surface area contributed by atoms with Crippen molar-refractivity contribution in [3.8, 4) is 0 Å². The van der Waals surface area contributed by atoms with Crippen molar-refractivity contribution in [3.05, 3.63) is 24.3 Å². The van der Waals surface area contributed by atoms with Gasteiger partial charge in [-0.05, 0) is 13.0 Å². The molecule has 0 aromatic carbocycles. The lowest BCUT2D eigenvalue weighted by molar-refractivity contribution is -0.149. The van der Waals surface area contributed by atoms with E-state index in [1.165, 1.54) is 6.20 Å². The van der Waals surface area contributed by atoms with Crippen molar-refractivity contribution >= 4 is 13.8 Å². The van der Waals surface area contributed by atoms with Gasteiger partial charge in [0.2, 0.25) is 5.82 Å². The monoisotopic (exact) mass is 336 g/mol. The summed E-state index contributed by atoms with van der Waals surface area (Å²) in [6.45, 7) is 12.4. The summed E-state index contributed by atoms with van der Waals surface area (Å²) < 4.78 is 50.4. The molecule has 0 aliphatic rings. The maximum atomic E-state index is 13.0. The van der Waals surface area contributed by atoms with Crippen LogP contribution in [0.25, 0.3) is 5.76 Å². The number of rotatable bonds is 8. The van der Waals surface area contributed by atoms with Gasteiger partial charge in [0, 0.05) is 20.9 Å². The summed E-state index contributed by atoms with van der Waals surface area (Å²) in [4.78, 5) is 3.57. The van der Waals surface area contributed by atoms with Crippen molar-refractivity contribution in [1.82, 2.24) is 9.55 Å². The van der Waals surface area contributed by atoms with Crippen LogP contribution in [0.4, 0.5) is 13.2 Å². The first-order valence-electron chi connectivity index (χ1n) is 7.09. The molecule has 0 bridgehead atoms. The first-order valence-corrected chi connectivity index (χ1v) is 10.8. The van der Waals surface area contributed by atoms with Crippen molar-refractivity contribution in [2.24, 2.45) is 0 Å². The second-order valence-electron chi connectivity index (χ2n) is 6.12. The Balaban J connectivity index is 2.81. The van der Waals surface area contributed by atoms with E-state index in [9.17, 15) is 13.2 Å². The maximum Gasteiger partial charge on any atom is 0.449 e. The van der Waals surface area contributed by atoms with Crippen LogP contribution in [-0.2, 0) is 22.4 Å². The normalized spacial score (nSPS) is 12.5. The molecule has 4 nitrogen and oxygen atoms in total. The van der Waals surface area contributed by atoms with Gasteiger partial charge in [-0.1, -0.05) is 26.2 Å². The molecule has 1 aromatic rings. The Bertz CT molecular complexity index is 507. The third-order valence-electron chi connectivity index (χ3n) is 2.86. The zero-order valence-corrected chi connectivity index (χ0v) is 14.5. The standard InChI is InChI=1S/C14H23F3N2O2Si/c1-6-21-11(2)12-9-19(13(18-12)14(15,16)17)10-20-7-8-22(3,4)5/h9H,2,6-8,10H2,1,3-5H3. The van der Waals surface area contributed by atoms with Crippen LogP contribution >= 0.6 is 0 Å². The van der Waals surface area contributed by atoms with Crippen LogP contribution in [0.2, 0.25) is 25.7 Å². The number of hydrogen-bond acceptors (Lipinski definition) is 3. The summed E-state index contributed by atoms with van der Waals surface area (Å²) in [7, 11) is -1.28. The van der Waals surface area contributed by atoms with E-state index in [1.54, 1.807) is 6.92 Å². The van der Waals surface area contributed by atoms with Crippen LogP contribution in [0.15, 0.2) is 12.8 Å².